The minimum absolute atomic E-state index is 0.0511. The van der Waals surface area contributed by atoms with Crippen LogP contribution in [0.25, 0.3) is 0 Å². The standard InChI is InChI=1S/C26H32N4O4S/c1-5-34-25(32)22-20(16-29-10-12-30(13-11-29)24(31)21-7-6-14-35-21)28(4)26(33)27-23(22)19-9-8-17(2)15-18(19)3/h6-9,14-15,23H,5,10-13,16H2,1-4H3,(H,27,33). The molecule has 2 aliphatic rings. The number of amides is 3. The van der Waals surface area contributed by atoms with Crippen LogP contribution in [0.3, 0.4) is 0 Å². The molecule has 1 atom stereocenters. The number of rotatable bonds is 6. The minimum atomic E-state index is -0.588. The first-order valence-electron chi connectivity index (χ1n) is 11.9. The molecule has 0 spiro atoms. The molecule has 1 aromatic carbocycles. The minimum Gasteiger partial charge on any atom is -0.463 e. The van der Waals surface area contributed by atoms with E-state index in [0.29, 0.717) is 44.0 Å². The first-order chi connectivity index (χ1) is 16.8. The van der Waals surface area contributed by atoms with Gasteiger partial charge in [-0.05, 0) is 43.3 Å². The number of nitrogens with zero attached hydrogens (tertiary/aromatic N) is 3. The molecule has 1 saturated heterocycles. The van der Waals surface area contributed by atoms with Gasteiger partial charge in [0.2, 0.25) is 0 Å². The van der Waals surface area contributed by atoms with Gasteiger partial charge in [-0.3, -0.25) is 14.6 Å². The molecule has 0 saturated carbocycles. The van der Waals surface area contributed by atoms with Crippen molar-refractivity contribution in [2.75, 3.05) is 46.4 Å². The molecule has 3 heterocycles. The Bertz CT molecular complexity index is 1140. The van der Waals surface area contributed by atoms with Crippen LogP contribution in [0, 0.1) is 13.8 Å². The van der Waals surface area contributed by atoms with E-state index in [2.05, 4.69) is 10.2 Å². The van der Waals surface area contributed by atoms with Crippen LogP contribution in [-0.2, 0) is 9.53 Å². The fourth-order valence-electron chi connectivity index (χ4n) is 4.66. The Kier molecular flexibility index (Phi) is 7.57. The monoisotopic (exact) mass is 496 g/mol. The number of hydrogen-bond donors (Lipinski definition) is 1. The molecule has 1 unspecified atom stereocenters. The largest absolute Gasteiger partial charge is 0.463 e. The van der Waals surface area contributed by atoms with Crippen molar-refractivity contribution in [3.63, 3.8) is 0 Å². The van der Waals surface area contributed by atoms with Gasteiger partial charge >= 0.3 is 12.0 Å². The third-order valence-corrected chi connectivity index (χ3v) is 7.43. The van der Waals surface area contributed by atoms with E-state index in [-0.39, 0.29) is 18.5 Å². The average Bonchev–Trinajstić information content (AvgIpc) is 3.37. The summed E-state index contributed by atoms with van der Waals surface area (Å²) in [5.74, 6) is -0.374. The molecule has 0 aliphatic carbocycles. The highest BCUT2D eigenvalue weighted by Gasteiger charge is 2.38. The van der Waals surface area contributed by atoms with Gasteiger partial charge in [-0.1, -0.05) is 29.8 Å². The number of piperazine rings is 1. The quantitative estimate of drug-likeness (QED) is 0.621. The second-order valence-corrected chi connectivity index (χ2v) is 9.88. The van der Waals surface area contributed by atoms with Crippen molar-refractivity contribution in [1.82, 2.24) is 20.0 Å². The van der Waals surface area contributed by atoms with E-state index in [1.54, 1.807) is 14.0 Å². The molecule has 0 radical (unpaired) electrons. The van der Waals surface area contributed by atoms with E-state index in [0.717, 1.165) is 21.6 Å². The molecule has 1 N–H and O–H groups in total. The lowest BCUT2D eigenvalue weighted by atomic mass is 9.90. The number of hydrogen-bond acceptors (Lipinski definition) is 6. The molecule has 4 rings (SSSR count). The fourth-order valence-corrected chi connectivity index (χ4v) is 5.35. The molecule has 8 nitrogen and oxygen atoms in total. The second-order valence-electron chi connectivity index (χ2n) is 8.93. The van der Waals surface area contributed by atoms with Gasteiger partial charge in [-0.15, -0.1) is 11.3 Å². The molecule has 3 amide bonds. The summed E-state index contributed by atoms with van der Waals surface area (Å²) in [7, 11) is 1.68. The van der Waals surface area contributed by atoms with E-state index in [4.69, 9.17) is 4.74 Å². The first kappa shape index (κ1) is 24.9. The zero-order chi connectivity index (χ0) is 25.1. The van der Waals surface area contributed by atoms with E-state index in [1.807, 2.05) is 54.5 Å². The van der Waals surface area contributed by atoms with Crippen LogP contribution in [0.1, 0.15) is 39.3 Å². The van der Waals surface area contributed by atoms with Crippen LogP contribution in [0.15, 0.2) is 47.0 Å². The number of nitrogens with one attached hydrogen (secondary N) is 1. The summed E-state index contributed by atoms with van der Waals surface area (Å²) in [4.78, 5) is 45.2. The second kappa shape index (κ2) is 10.6. The van der Waals surface area contributed by atoms with Gasteiger partial charge in [0.05, 0.1) is 23.1 Å². The van der Waals surface area contributed by atoms with Crippen LogP contribution < -0.4 is 5.32 Å². The van der Waals surface area contributed by atoms with Crippen LogP contribution in [0.5, 0.6) is 0 Å². The first-order valence-corrected chi connectivity index (χ1v) is 12.7. The molecule has 35 heavy (non-hydrogen) atoms. The smallest absolute Gasteiger partial charge is 0.338 e. The molecule has 2 aromatic rings. The van der Waals surface area contributed by atoms with Crippen molar-refractivity contribution >= 4 is 29.2 Å². The molecular weight excluding hydrogens is 464 g/mol. The number of urea groups is 1. The lowest BCUT2D eigenvalue weighted by Crippen LogP contribution is -2.53. The normalized spacial score (nSPS) is 19.1. The molecule has 186 valence electrons. The van der Waals surface area contributed by atoms with Gasteiger partial charge in [0.1, 0.15) is 0 Å². The van der Waals surface area contributed by atoms with Crippen LogP contribution >= 0.6 is 11.3 Å². The Morgan fingerprint density at radius 1 is 1.14 bits per heavy atom. The summed E-state index contributed by atoms with van der Waals surface area (Å²) in [6, 6.07) is 8.88. The zero-order valence-electron chi connectivity index (χ0n) is 20.7. The summed E-state index contributed by atoms with van der Waals surface area (Å²) < 4.78 is 5.44. The molecular formula is C26H32N4O4S. The van der Waals surface area contributed by atoms with Crippen molar-refractivity contribution in [2.45, 2.75) is 26.8 Å². The van der Waals surface area contributed by atoms with Gasteiger partial charge in [0, 0.05) is 45.5 Å². The highest BCUT2D eigenvalue weighted by Crippen LogP contribution is 2.33. The number of esters is 1. The lowest BCUT2D eigenvalue weighted by molar-refractivity contribution is -0.139. The number of aryl methyl sites for hydroxylation is 2. The van der Waals surface area contributed by atoms with E-state index in [1.165, 1.54) is 16.2 Å². The summed E-state index contributed by atoms with van der Waals surface area (Å²) in [6.07, 6.45) is 0. The molecule has 9 heteroatoms. The number of ether oxygens (including phenoxy) is 1. The molecule has 0 bridgehead atoms. The number of thiophene rings is 1. The number of carbonyl (C=O) groups excluding carboxylic acids is 3. The van der Waals surface area contributed by atoms with Gasteiger partial charge in [0.25, 0.3) is 5.91 Å². The number of benzene rings is 1. The third-order valence-electron chi connectivity index (χ3n) is 6.57. The lowest BCUT2D eigenvalue weighted by Gasteiger charge is -2.39. The van der Waals surface area contributed by atoms with Gasteiger partial charge < -0.3 is 15.0 Å². The van der Waals surface area contributed by atoms with Crippen molar-refractivity contribution in [1.29, 1.82) is 0 Å². The predicted molar refractivity (Wildman–Crippen MR) is 135 cm³/mol. The van der Waals surface area contributed by atoms with Crippen molar-refractivity contribution in [2.24, 2.45) is 0 Å². The van der Waals surface area contributed by atoms with Crippen LogP contribution in [0.2, 0.25) is 0 Å². The summed E-state index contributed by atoms with van der Waals surface area (Å²) in [6.45, 7) is 8.93. The van der Waals surface area contributed by atoms with Crippen LogP contribution in [-0.4, -0.2) is 79.0 Å². The SMILES string of the molecule is CCOC(=O)C1=C(CN2CCN(C(=O)c3cccs3)CC2)N(C)C(=O)NC1c1ccc(C)cc1C. The highest BCUT2D eigenvalue weighted by molar-refractivity contribution is 7.12. The predicted octanol–water partition coefficient (Wildman–Crippen LogP) is 3.34. The van der Waals surface area contributed by atoms with E-state index < -0.39 is 12.0 Å². The maximum atomic E-state index is 13.2. The Morgan fingerprint density at radius 3 is 2.51 bits per heavy atom. The van der Waals surface area contributed by atoms with Gasteiger partial charge in [-0.2, -0.15) is 0 Å². The summed E-state index contributed by atoms with van der Waals surface area (Å²) in [5, 5.41) is 4.90. The topological polar surface area (TPSA) is 82.2 Å². The Hall–Kier alpha value is -3.17. The number of carbonyl (C=O) groups is 3. The maximum Gasteiger partial charge on any atom is 0.338 e. The van der Waals surface area contributed by atoms with E-state index in [9.17, 15) is 14.4 Å². The Balaban J connectivity index is 1.61. The van der Waals surface area contributed by atoms with Crippen molar-refractivity contribution < 1.29 is 19.1 Å². The Morgan fingerprint density at radius 2 is 1.89 bits per heavy atom. The third kappa shape index (κ3) is 5.26. The highest BCUT2D eigenvalue weighted by atomic mass is 32.1. The van der Waals surface area contributed by atoms with E-state index >= 15 is 0 Å². The summed E-state index contributed by atoms with van der Waals surface area (Å²) in [5.41, 5.74) is 4.08. The zero-order valence-corrected chi connectivity index (χ0v) is 21.5. The number of likely N-dealkylation sites (N-methyl/N-ethyl adjacent to an activating group) is 1. The van der Waals surface area contributed by atoms with Crippen molar-refractivity contribution in [3.8, 4) is 0 Å². The van der Waals surface area contributed by atoms with Crippen LogP contribution in [0.4, 0.5) is 4.79 Å². The fraction of sp³-hybridized carbons (Fsp3) is 0.423. The average molecular weight is 497 g/mol. The van der Waals surface area contributed by atoms with Gasteiger partial charge in [-0.25, -0.2) is 9.59 Å². The Labute approximate surface area is 210 Å². The van der Waals surface area contributed by atoms with Crippen molar-refractivity contribution in [3.05, 3.63) is 68.5 Å². The maximum absolute atomic E-state index is 13.2. The molecule has 2 aliphatic heterocycles. The molecule has 1 fully saturated rings. The van der Waals surface area contributed by atoms with Gasteiger partial charge in [0.15, 0.2) is 0 Å². The summed E-state index contributed by atoms with van der Waals surface area (Å²) >= 11 is 1.45. The molecule has 1 aromatic heterocycles.